The number of esters is 1. The Bertz CT molecular complexity index is 793. The molecular formula is C17H20N4O3. The topological polar surface area (TPSA) is 98.7 Å². The fourth-order valence-electron chi connectivity index (χ4n) is 2.50. The first kappa shape index (κ1) is 17.3. The lowest BCUT2D eigenvalue weighted by Crippen LogP contribution is -2.24. The van der Waals surface area contributed by atoms with Crippen LogP contribution in [0.2, 0.25) is 0 Å². The number of aromatic nitrogens is 1. The maximum absolute atomic E-state index is 12.2. The van der Waals surface area contributed by atoms with E-state index in [1.54, 1.807) is 19.1 Å². The van der Waals surface area contributed by atoms with E-state index in [0.29, 0.717) is 12.2 Å². The van der Waals surface area contributed by atoms with Crippen LogP contribution >= 0.6 is 0 Å². The summed E-state index contributed by atoms with van der Waals surface area (Å²) in [5.41, 5.74) is 11.0. The molecule has 0 unspecified atom stereocenters. The molecule has 1 aromatic heterocycles. The molecule has 24 heavy (non-hydrogen) atoms. The SMILES string of the molecule is CCOC(=O)c1ccccc1-n1c(C)cc(C=NNC(N)=O)c1C. The number of carbonyl (C=O) groups is 2. The molecule has 2 aromatic rings. The lowest BCUT2D eigenvalue weighted by molar-refractivity contribution is 0.0526. The van der Waals surface area contributed by atoms with Gasteiger partial charge in [0.25, 0.3) is 0 Å². The van der Waals surface area contributed by atoms with Gasteiger partial charge in [0.05, 0.1) is 24.1 Å². The van der Waals surface area contributed by atoms with Gasteiger partial charge in [-0.3, -0.25) is 0 Å². The second-order valence-electron chi connectivity index (χ2n) is 5.13. The molecule has 7 heteroatoms. The monoisotopic (exact) mass is 328 g/mol. The Morgan fingerprint density at radius 3 is 2.71 bits per heavy atom. The Morgan fingerprint density at radius 2 is 2.04 bits per heavy atom. The third kappa shape index (κ3) is 3.62. The predicted molar refractivity (Wildman–Crippen MR) is 91.5 cm³/mol. The van der Waals surface area contributed by atoms with Crippen molar-refractivity contribution >= 4 is 18.2 Å². The van der Waals surface area contributed by atoms with Crippen LogP contribution in [0.5, 0.6) is 0 Å². The van der Waals surface area contributed by atoms with Crippen molar-refractivity contribution in [2.75, 3.05) is 6.61 Å². The van der Waals surface area contributed by atoms with Crippen molar-refractivity contribution in [2.45, 2.75) is 20.8 Å². The van der Waals surface area contributed by atoms with Crippen LogP contribution in [0.15, 0.2) is 35.4 Å². The number of aryl methyl sites for hydroxylation is 1. The average molecular weight is 328 g/mol. The third-order valence-corrected chi connectivity index (χ3v) is 3.49. The predicted octanol–water partition coefficient (Wildman–Crippen LogP) is 2.27. The van der Waals surface area contributed by atoms with Gasteiger partial charge in [-0.1, -0.05) is 12.1 Å². The van der Waals surface area contributed by atoms with Gasteiger partial charge in [0.1, 0.15) is 0 Å². The number of nitrogens with zero attached hydrogens (tertiary/aromatic N) is 2. The first-order valence-corrected chi connectivity index (χ1v) is 7.49. The molecule has 2 rings (SSSR count). The number of urea groups is 1. The maximum atomic E-state index is 12.2. The van der Waals surface area contributed by atoms with Crippen molar-refractivity contribution < 1.29 is 14.3 Å². The Kier molecular flexibility index (Phi) is 5.36. The molecule has 0 spiro atoms. The molecule has 0 radical (unpaired) electrons. The molecule has 0 atom stereocenters. The molecule has 1 aromatic carbocycles. The minimum Gasteiger partial charge on any atom is -0.462 e. The smallest absolute Gasteiger partial charge is 0.340 e. The van der Waals surface area contributed by atoms with Crippen molar-refractivity contribution in [2.24, 2.45) is 10.8 Å². The molecule has 0 saturated carbocycles. The highest BCUT2D eigenvalue weighted by atomic mass is 16.5. The molecule has 1 heterocycles. The lowest BCUT2D eigenvalue weighted by atomic mass is 10.1. The number of hydrogen-bond acceptors (Lipinski definition) is 4. The number of carbonyl (C=O) groups excluding carboxylic acids is 2. The summed E-state index contributed by atoms with van der Waals surface area (Å²) < 4.78 is 7.07. The van der Waals surface area contributed by atoms with E-state index in [1.807, 2.05) is 36.6 Å². The van der Waals surface area contributed by atoms with E-state index in [1.165, 1.54) is 6.21 Å². The number of benzene rings is 1. The molecule has 0 saturated heterocycles. The molecule has 0 aliphatic rings. The second kappa shape index (κ2) is 7.45. The Hall–Kier alpha value is -3.09. The zero-order chi connectivity index (χ0) is 17.7. The van der Waals surface area contributed by atoms with Gasteiger partial charge in [0.15, 0.2) is 0 Å². The van der Waals surface area contributed by atoms with Crippen LogP contribution in [0.3, 0.4) is 0 Å². The minimum atomic E-state index is -0.729. The van der Waals surface area contributed by atoms with Gasteiger partial charge in [-0.15, -0.1) is 0 Å². The van der Waals surface area contributed by atoms with Gasteiger partial charge < -0.3 is 15.0 Å². The van der Waals surface area contributed by atoms with Crippen LogP contribution < -0.4 is 11.2 Å². The number of ether oxygens (including phenoxy) is 1. The van der Waals surface area contributed by atoms with Crippen LogP contribution in [-0.4, -0.2) is 29.4 Å². The fourth-order valence-corrected chi connectivity index (χ4v) is 2.50. The quantitative estimate of drug-likeness (QED) is 0.500. The van der Waals surface area contributed by atoms with Gasteiger partial charge in [0.2, 0.25) is 0 Å². The average Bonchev–Trinajstić information content (AvgIpc) is 2.81. The van der Waals surface area contributed by atoms with Crippen LogP contribution in [0.1, 0.15) is 34.2 Å². The minimum absolute atomic E-state index is 0.313. The van der Waals surface area contributed by atoms with Gasteiger partial charge in [-0.05, 0) is 39.0 Å². The summed E-state index contributed by atoms with van der Waals surface area (Å²) in [5, 5.41) is 3.78. The number of amides is 2. The molecule has 3 N–H and O–H groups in total. The number of nitrogens with one attached hydrogen (secondary N) is 1. The van der Waals surface area contributed by atoms with Gasteiger partial charge >= 0.3 is 12.0 Å². The molecular weight excluding hydrogens is 308 g/mol. The highest BCUT2D eigenvalue weighted by Gasteiger charge is 2.17. The van der Waals surface area contributed by atoms with Gasteiger partial charge in [-0.25, -0.2) is 15.0 Å². The third-order valence-electron chi connectivity index (χ3n) is 3.49. The van der Waals surface area contributed by atoms with Gasteiger partial charge in [0, 0.05) is 17.0 Å². The maximum Gasteiger partial charge on any atom is 0.340 e. The first-order valence-electron chi connectivity index (χ1n) is 7.49. The van der Waals surface area contributed by atoms with Crippen LogP contribution in [-0.2, 0) is 4.74 Å². The van der Waals surface area contributed by atoms with E-state index >= 15 is 0 Å². The van der Waals surface area contributed by atoms with Gasteiger partial charge in [-0.2, -0.15) is 5.10 Å². The molecule has 2 amide bonds. The molecule has 126 valence electrons. The summed E-state index contributed by atoms with van der Waals surface area (Å²) in [4.78, 5) is 22.9. The van der Waals surface area contributed by atoms with E-state index in [9.17, 15) is 9.59 Å². The highest BCUT2D eigenvalue weighted by Crippen LogP contribution is 2.23. The Balaban J connectivity index is 2.47. The molecule has 7 nitrogen and oxygen atoms in total. The number of hydrogen-bond donors (Lipinski definition) is 2. The Morgan fingerprint density at radius 1 is 1.33 bits per heavy atom. The normalized spacial score (nSPS) is 10.8. The van der Waals surface area contributed by atoms with Crippen LogP contribution in [0.4, 0.5) is 4.79 Å². The van der Waals surface area contributed by atoms with E-state index in [0.717, 1.165) is 22.6 Å². The second-order valence-corrected chi connectivity index (χ2v) is 5.13. The first-order chi connectivity index (χ1) is 11.5. The molecule has 0 fully saturated rings. The number of nitrogens with two attached hydrogens (primary N) is 1. The van der Waals surface area contributed by atoms with Crippen LogP contribution in [0.25, 0.3) is 5.69 Å². The highest BCUT2D eigenvalue weighted by molar-refractivity contribution is 5.94. The zero-order valence-electron chi connectivity index (χ0n) is 13.9. The van der Waals surface area contributed by atoms with E-state index in [4.69, 9.17) is 10.5 Å². The van der Waals surface area contributed by atoms with Crippen molar-refractivity contribution in [3.8, 4) is 5.69 Å². The Labute approximate surface area is 140 Å². The summed E-state index contributed by atoms with van der Waals surface area (Å²) >= 11 is 0. The summed E-state index contributed by atoms with van der Waals surface area (Å²) in [6.07, 6.45) is 1.51. The number of primary amides is 1. The van der Waals surface area contributed by atoms with E-state index in [-0.39, 0.29) is 5.97 Å². The summed E-state index contributed by atoms with van der Waals surface area (Å²) in [6, 6.07) is 8.42. The number of rotatable bonds is 5. The van der Waals surface area contributed by atoms with E-state index in [2.05, 4.69) is 10.5 Å². The standard InChI is InChI=1S/C17H20N4O3/c1-4-24-16(22)14-7-5-6-8-15(14)21-11(2)9-13(12(21)3)10-19-20-17(18)23/h5-10H,4H2,1-3H3,(H3,18,20,23). The van der Waals surface area contributed by atoms with Crippen molar-refractivity contribution in [1.82, 2.24) is 9.99 Å². The summed E-state index contributed by atoms with van der Waals surface area (Å²) in [6.45, 7) is 5.91. The van der Waals surface area contributed by atoms with Crippen molar-refractivity contribution in [3.05, 3.63) is 52.8 Å². The van der Waals surface area contributed by atoms with E-state index < -0.39 is 6.03 Å². The summed E-state index contributed by atoms with van der Waals surface area (Å²) in [5.74, 6) is -0.369. The largest absolute Gasteiger partial charge is 0.462 e. The number of hydrazone groups is 1. The molecule has 0 bridgehead atoms. The molecule has 0 aliphatic carbocycles. The zero-order valence-corrected chi connectivity index (χ0v) is 13.9. The number of para-hydroxylation sites is 1. The molecule has 0 aliphatic heterocycles. The lowest BCUT2D eigenvalue weighted by Gasteiger charge is -2.14. The van der Waals surface area contributed by atoms with Crippen molar-refractivity contribution in [3.63, 3.8) is 0 Å². The van der Waals surface area contributed by atoms with Crippen LogP contribution in [0, 0.1) is 13.8 Å². The fraction of sp³-hybridized carbons (Fsp3) is 0.235. The summed E-state index contributed by atoms with van der Waals surface area (Å²) in [7, 11) is 0. The van der Waals surface area contributed by atoms with Crippen molar-refractivity contribution in [1.29, 1.82) is 0 Å².